The largest absolute Gasteiger partial charge is 0.292 e. The molecule has 100 valence electrons. The van der Waals surface area contributed by atoms with Crippen molar-refractivity contribution < 1.29 is 4.79 Å². The van der Waals surface area contributed by atoms with Crippen LogP contribution in [-0.2, 0) is 0 Å². The van der Waals surface area contributed by atoms with Crippen molar-refractivity contribution in [2.75, 3.05) is 0 Å². The molecule has 21 heavy (non-hydrogen) atoms. The Hall–Kier alpha value is -2.92. The third kappa shape index (κ3) is 2.54. The second-order valence-electron chi connectivity index (χ2n) is 4.90. The highest BCUT2D eigenvalue weighted by Crippen LogP contribution is 2.24. The van der Waals surface area contributed by atoms with Gasteiger partial charge in [-0.2, -0.15) is 5.26 Å². The van der Waals surface area contributed by atoms with Crippen LogP contribution in [0.5, 0.6) is 0 Å². The van der Waals surface area contributed by atoms with Gasteiger partial charge in [0.1, 0.15) is 5.92 Å². The van der Waals surface area contributed by atoms with Crippen LogP contribution in [0.1, 0.15) is 21.8 Å². The molecule has 0 bridgehead atoms. The van der Waals surface area contributed by atoms with Crippen LogP contribution in [0.2, 0.25) is 0 Å². The summed E-state index contributed by atoms with van der Waals surface area (Å²) in [6.45, 7) is 0. The van der Waals surface area contributed by atoms with Crippen LogP contribution < -0.4 is 0 Å². The van der Waals surface area contributed by atoms with Crippen molar-refractivity contribution in [3.8, 4) is 6.07 Å². The number of hydrogen-bond acceptors (Lipinski definition) is 2. The molecule has 3 rings (SSSR count). The summed E-state index contributed by atoms with van der Waals surface area (Å²) in [4.78, 5) is 12.5. The van der Waals surface area contributed by atoms with E-state index in [4.69, 9.17) is 0 Å². The molecule has 1 atom stereocenters. The lowest BCUT2D eigenvalue weighted by atomic mass is 9.90. The molecule has 0 saturated heterocycles. The van der Waals surface area contributed by atoms with E-state index in [0.717, 1.165) is 16.3 Å². The van der Waals surface area contributed by atoms with Crippen molar-refractivity contribution in [3.05, 3.63) is 83.9 Å². The molecule has 0 N–H and O–H groups in total. The first-order valence-corrected chi connectivity index (χ1v) is 6.77. The number of Topliss-reactive ketones (excluding diaryl/α,β-unsaturated/α-hetero) is 1. The predicted molar refractivity (Wildman–Crippen MR) is 83.1 cm³/mol. The first-order chi connectivity index (χ1) is 10.3. The van der Waals surface area contributed by atoms with Crippen molar-refractivity contribution >= 4 is 16.6 Å². The highest BCUT2D eigenvalue weighted by Gasteiger charge is 2.21. The van der Waals surface area contributed by atoms with Crippen molar-refractivity contribution in [1.82, 2.24) is 0 Å². The average molecular weight is 271 g/mol. The van der Waals surface area contributed by atoms with Gasteiger partial charge in [0.05, 0.1) is 6.07 Å². The smallest absolute Gasteiger partial charge is 0.184 e. The zero-order valence-corrected chi connectivity index (χ0v) is 11.4. The Morgan fingerprint density at radius 2 is 1.52 bits per heavy atom. The van der Waals surface area contributed by atoms with Gasteiger partial charge in [0.15, 0.2) is 5.78 Å². The van der Waals surface area contributed by atoms with Gasteiger partial charge in [0.25, 0.3) is 0 Å². The number of fused-ring (bicyclic) bond motifs is 1. The SMILES string of the molecule is N#CC(C(=O)c1ccccc1)c1ccc2ccccc2c1. The molecule has 2 nitrogen and oxygen atoms in total. The van der Waals surface area contributed by atoms with Gasteiger partial charge in [-0.3, -0.25) is 4.79 Å². The lowest BCUT2D eigenvalue weighted by Crippen LogP contribution is -2.11. The average Bonchev–Trinajstić information content (AvgIpc) is 2.56. The Morgan fingerprint density at radius 1 is 0.857 bits per heavy atom. The standard InChI is InChI=1S/C19H13NO/c20-13-18(19(21)15-7-2-1-3-8-15)17-11-10-14-6-4-5-9-16(14)12-17/h1-12,18H. The number of nitriles is 1. The number of benzene rings is 3. The minimum absolute atomic E-state index is 0.159. The fraction of sp³-hybridized carbons (Fsp3) is 0.0526. The topological polar surface area (TPSA) is 40.9 Å². The van der Waals surface area contributed by atoms with E-state index in [1.54, 1.807) is 12.1 Å². The Labute approximate surface area is 123 Å². The van der Waals surface area contributed by atoms with Crippen LogP contribution in [0.15, 0.2) is 72.8 Å². The van der Waals surface area contributed by atoms with E-state index in [9.17, 15) is 10.1 Å². The van der Waals surface area contributed by atoms with Gasteiger partial charge in [-0.1, -0.05) is 66.7 Å². The molecule has 0 spiro atoms. The molecule has 0 aliphatic heterocycles. The molecule has 0 aliphatic rings. The summed E-state index contributed by atoms with van der Waals surface area (Å²) < 4.78 is 0. The number of nitrogens with zero attached hydrogens (tertiary/aromatic N) is 1. The first kappa shape index (κ1) is 13.1. The Balaban J connectivity index is 2.02. The Morgan fingerprint density at radius 3 is 2.24 bits per heavy atom. The van der Waals surface area contributed by atoms with Crippen LogP contribution >= 0.6 is 0 Å². The maximum absolute atomic E-state index is 12.5. The fourth-order valence-electron chi connectivity index (χ4n) is 2.44. The number of carbonyl (C=O) groups is 1. The molecule has 0 radical (unpaired) electrons. The lowest BCUT2D eigenvalue weighted by molar-refractivity contribution is 0.0979. The quantitative estimate of drug-likeness (QED) is 0.665. The minimum Gasteiger partial charge on any atom is -0.292 e. The summed E-state index contributed by atoms with van der Waals surface area (Å²) in [6, 6.07) is 24.7. The number of hydrogen-bond donors (Lipinski definition) is 0. The van der Waals surface area contributed by atoms with Crippen LogP contribution in [0.25, 0.3) is 10.8 Å². The summed E-state index contributed by atoms with van der Waals surface area (Å²) in [7, 11) is 0. The molecule has 2 heteroatoms. The van der Waals surface area contributed by atoms with Crippen molar-refractivity contribution in [1.29, 1.82) is 5.26 Å². The van der Waals surface area contributed by atoms with Crippen molar-refractivity contribution in [2.24, 2.45) is 0 Å². The van der Waals surface area contributed by atoms with Crippen LogP contribution in [0.4, 0.5) is 0 Å². The highest BCUT2D eigenvalue weighted by atomic mass is 16.1. The maximum atomic E-state index is 12.5. The molecule has 0 amide bonds. The molecular weight excluding hydrogens is 258 g/mol. The lowest BCUT2D eigenvalue weighted by Gasteiger charge is -2.10. The van der Waals surface area contributed by atoms with E-state index in [2.05, 4.69) is 6.07 Å². The van der Waals surface area contributed by atoms with E-state index < -0.39 is 5.92 Å². The Kier molecular flexibility index (Phi) is 3.49. The van der Waals surface area contributed by atoms with Gasteiger partial charge in [-0.25, -0.2) is 0 Å². The normalized spacial score (nSPS) is 11.8. The molecule has 0 heterocycles. The molecule has 0 aliphatic carbocycles. The van der Waals surface area contributed by atoms with E-state index in [1.165, 1.54) is 0 Å². The minimum atomic E-state index is -0.767. The van der Waals surface area contributed by atoms with E-state index in [0.29, 0.717) is 5.56 Å². The molecule has 0 aromatic heterocycles. The van der Waals surface area contributed by atoms with Crippen LogP contribution in [-0.4, -0.2) is 5.78 Å². The summed E-state index contributed by atoms with van der Waals surface area (Å²) in [6.07, 6.45) is 0. The monoisotopic (exact) mass is 271 g/mol. The van der Waals surface area contributed by atoms with Crippen molar-refractivity contribution in [2.45, 2.75) is 5.92 Å². The number of carbonyl (C=O) groups excluding carboxylic acids is 1. The maximum Gasteiger partial charge on any atom is 0.184 e. The molecule has 3 aromatic carbocycles. The van der Waals surface area contributed by atoms with Crippen LogP contribution in [0, 0.1) is 11.3 Å². The third-order valence-corrected chi connectivity index (χ3v) is 3.56. The summed E-state index contributed by atoms with van der Waals surface area (Å²) in [5.74, 6) is -0.926. The highest BCUT2D eigenvalue weighted by molar-refractivity contribution is 6.03. The molecular formula is C19H13NO. The van der Waals surface area contributed by atoms with E-state index >= 15 is 0 Å². The second-order valence-corrected chi connectivity index (χ2v) is 4.90. The number of ketones is 1. The second kappa shape index (κ2) is 5.60. The number of rotatable bonds is 3. The van der Waals surface area contributed by atoms with E-state index in [-0.39, 0.29) is 5.78 Å². The van der Waals surface area contributed by atoms with Crippen molar-refractivity contribution in [3.63, 3.8) is 0 Å². The Bertz CT molecular complexity index is 831. The predicted octanol–water partition coefficient (Wildman–Crippen LogP) is 4.33. The molecule has 3 aromatic rings. The van der Waals surface area contributed by atoms with E-state index in [1.807, 2.05) is 60.7 Å². The zero-order chi connectivity index (χ0) is 14.7. The van der Waals surface area contributed by atoms with Gasteiger partial charge in [0.2, 0.25) is 0 Å². The third-order valence-electron chi connectivity index (χ3n) is 3.56. The van der Waals surface area contributed by atoms with Gasteiger partial charge in [-0.15, -0.1) is 0 Å². The summed E-state index contributed by atoms with van der Waals surface area (Å²) >= 11 is 0. The first-order valence-electron chi connectivity index (χ1n) is 6.77. The van der Waals surface area contributed by atoms with Gasteiger partial charge >= 0.3 is 0 Å². The van der Waals surface area contributed by atoms with Gasteiger partial charge in [-0.05, 0) is 22.4 Å². The molecule has 0 fully saturated rings. The zero-order valence-electron chi connectivity index (χ0n) is 11.4. The molecule has 1 unspecified atom stereocenters. The molecule has 0 saturated carbocycles. The summed E-state index contributed by atoms with van der Waals surface area (Å²) in [5, 5.41) is 11.6. The van der Waals surface area contributed by atoms with Crippen LogP contribution in [0.3, 0.4) is 0 Å². The summed E-state index contributed by atoms with van der Waals surface area (Å²) in [5.41, 5.74) is 1.31. The van der Waals surface area contributed by atoms with Gasteiger partial charge in [0, 0.05) is 5.56 Å². The van der Waals surface area contributed by atoms with Gasteiger partial charge < -0.3 is 0 Å². The fourth-order valence-corrected chi connectivity index (χ4v) is 2.44.